The first-order chi connectivity index (χ1) is 16.3. The fourth-order valence-corrected chi connectivity index (χ4v) is 6.89. The van der Waals surface area contributed by atoms with E-state index in [1.807, 2.05) is 55.5 Å². The van der Waals surface area contributed by atoms with Gasteiger partial charge in [-0.25, -0.2) is 8.42 Å². The first kappa shape index (κ1) is 22.3. The first-order valence-electron chi connectivity index (χ1n) is 10.6. The molecule has 170 valence electrons. The number of allylic oxidation sites excluding steroid dienone is 2. The van der Waals surface area contributed by atoms with Gasteiger partial charge in [-0.1, -0.05) is 76.1 Å². The number of nitriles is 1. The maximum atomic E-state index is 14.3. The SMILES string of the molecule is Cc1cccc(CN2c3ccccc3C3=C(C(c4ccccc4Br)C(C#N)=C(N)O3)S2(=O)=O)c1. The summed E-state index contributed by atoms with van der Waals surface area (Å²) >= 11 is 3.53. The third kappa shape index (κ3) is 3.49. The minimum absolute atomic E-state index is 0.0107. The van der Waals surface area contributed by atoms with Crippen molar-refractivity contribution in [1.82, 2.24) is 0 Å². The summed E-state index contributed by atoms with van der Waals surface area (Å²) in [6.45, 7) is 2.11. The van der Waals surface area contributed by atoms with Gasteiger partial charge in [-0.3, -0.25) is 4.31 Å². The Labute approximate surface area is 206 Å². The average Bonchev–Trinajstić information content (AvgIpc) is 2.81. The van der Waals surface area contributed by atoms with E-state index in [9.17, 15) is 13.7 Å². The van der Waals surface area contributed by atoms with Crippen molar-refractivity contribution < 1.29 is 13.2 Å². The van der Waals surface area contributed by atoms with Gasteiger partial charge in [0.05, 0.1) is 18.2 Å². The number of hydrogen-bond acceptors (Lipinski definition) is 5. The molecular weight excluding hydrogens is 514 g/mol. The summed E-state index contributed by atoms with van der Waals surface area (Å²) in [6.07, 6.45) is 0. The van der Waals surface area contributed by atoms with Crippen molar-refractivity contribution in [3.63, 3.8) is 0 Å². The number of hydrogen-bond donors (Lipinski definition) is 1. The quantitative estimate of drug-likeness (QED) is 0.493. The van der Waals surface area contributed by atoms with E-state index < -0.39 is 15.9 Å². The van der Waals surface area contributed by atoms with Crippen molar-refractivity contribution in [2.75, 3.05) is 4.31 Å². The zero-order valence-corrected chi connectivity index (χ0v) is 20.6. The van der Waals surface area contributed by atoms with Crippen LogP contribution in [0.25, 0.3) is 5.76 Å². The van der Waals surface area contributed by atoms with E-state index in [0.717, 1.165) is 11.1 Å². The number of rotatable bonds is 3. The first-order valence-corrected chi connectivity index (χ1v) is 12.8. The van der Waals surface area contributed by atoms with Crippen LogP contribution in [0.2, 0.25) is 0 Å². The molecule has 2 N–H and O–H groups in total. The lowest BCUT2D eigenvalue weighted by Crippen LogP contribution is -2.39. The van der Waals surface area contributed by atoms with Gasteiger partial charge >= 0.3 is 0 Å². The number of fused-ring (bicyclic) bond motifs is 2. The summed E-state index contributed by atoms with van der Waals surface area (Å²) in [6, 6.07) is 24.2. The van der Waals surface area contributed by atoms with Crippen molar-refractivity contribution in [2.24, 2.45) is 5.73 Å². The van der Waals surface area contributed by atoms with Crippen molar-refractivity contribution in [3.05, 3.63) is 116 Å². The molecule has 0 fully saturated rings. The molecule has 5 rings (SSSR count). The molecule has 1 unspecified atom stereocenters. The number of sulfonamides is 1. The second-order valence-electron chi connectivity index (χ2n) is 8.16. The molecule has 0 saturated carbocycles. The van der Waals surface area contributed by atoms with E-state index in [2.05, 4.69) is 22.0 Å². The van der Waals surface area contributed by atoms with Gasteiger partial charge in [-0.05, 0) is 36.2 Å². The van der Waals surface area contributed by atoms with Crippen LogP contribution in [0.4, 0.5) is 5.69 Å². The fourth-order valence-electron chi connectivity index (χ4n) is 4.48. The Morgan fingerprint density at radius 1 is 1.09 bits per heavy atom. The molecule has 0 aliphatic carbocycles. The lowest BCUT2D eigenvalue weighted by molar-refractivity contribution is 0.357. The highest BCUT2D eigenvalue weighted by Crippen LogP contribution is 2.52. The molecule has 0 radical (unpaired) electrons. The van der Waals surface area contributed by atoms with Crippen LogP contribution in [0.5, 0.6) is 0 Å². The van der Waals surface area contributed by atoms with E-state index in [0.29, 0.717) is 21.3 Å². The van der Waals surface area contributed by atoms with Crippen molar-refractivity contribution in [2.45, 2.75) is 19.4 Å². The van der Waals surface area contributed by atoms with E-state index in [1.165, 1.54) is 4.31 Å². The normalized spacial score (nSPS) is 18.6. The zero-order valence-electron chi connectivity index (χ0n) is 18.2. The molecule has 3 aromatic carbocycles. The number of nitrogens with two attached hydrogens (primary N) is 1. The molecule has 0 spiro atoms. The molecule has 2 aliphatic rings. The Hall–Kier alpha value is -3.54. The maximum absolute atomic E-state index is 14.3. The summed E-state index contributed by atoms with van der Waals surface area (Å²) in [5.74, 6) is -0.852. The van der Waals surface area contributed by atoms with Crippen LogP contribution >= 0.6 is 15.9 Å². The number of nitrogens with zero attached hydrogens (tertiary/aromatic N) is 2. The predicted molar refractivity (Wildman–Crippen MR) is 134 cm³/mol. The second-order valence-corrected chi connectivity index (χ2v) is 10.8. The molecule has 1 atom stereocenters. The molecule has 3 aromatic rings. The van der Waals surface area contributed by atoms with Crippen LogP contribution in [0.3, 0.4) is 0 Å². The fraction of sp³-hybridized carbons (Fsp3) is 0.115. The molecule has 0 aromatic heterocycles. The van der Waals surface area contributed by atoms with Crippen LogP contribution < -0.4 is 10.0 Å². The van der Waals surface area contributed by atoms with Crippen LogP contribution in [0, 0.1) is 18.3 Å². The van der Waals surface area contributed by atoms with Gasteiger partial charge in [-0.2, -0.15) is 5.26 Å². The Balaban J connectivity index is 1.78. The van der Waals surface area contributed by atoms with E-state index in [1.54, 1.807) is 24.3 Å². The highest BCUT2D eigenvalue weighted by molar-refractivity contribution is 9.10. The van der Waals surface area contributed by atoms with Gasteiger partial charge in [0.2, 0.25) is 5.88 Å². The average molecular weight is 534 g/mol. The molecule has 34 heavy (non-hydrogen) atoms. The molecule has 0 amide bonds. The van der Waals surface area contributed by atoms with Crippen molar-refractivity contribution in [1.29, 1.82) is 5.26 Å². The zero-order chi connectivity index (χ0) is 24.0. The van der Waals surface area contributed by atoms with E-state index in [4.69, 9.17) is 10.5 Å². The standard InChI is InChI=1S/C26H20BrN3O3S/c1-16-7-6-8-17(13-16)15-30-22-12-5-3-10-19(22)24-25(34(30,31)32)23(20(14-28)26(29)33-24)18-9-2-4-11-21(18)27/h2-13,23H,15,29H2,1H3. The minimum Gasteiger partial charge on any atom is -0.439 e. The maximum Gasteiger partial charge on any atom is 0.265 e. The monoisotopic (exact) mass is 533 g/mol. The lowest BCUT2D eigenvalue weighted by Gasteiger charge is -2.38. The number of ether oxygens (including phenoxy) is 1. The molecule has 2 heterocycles. The van der Waals surface area contributed by atoms with Crippen LogP contribution in [-0.4, -0.2) is 8.42 Å². The number of para-hydroxylation sites is 1. The van der Waals surface area contributed by atoms with Gasteiger partial charge in [0.1, 0.15) is 16.5 Å². The summed E-state index contributed by atoms with van der Waals surface area (Å²) in [7, 11) is -4.10. The molecule has 8 heteroatoms. The molecule has 2 aliphatic heterocycles. The molecule has 0 saturated heterocycles. The number of halogens is 1. The highest BCUT2D eigenvalue weighted by atomic mass is 79.9. The predicted octanol–water partition coefficient (Wildman–Crippen LogP) is 5.28. The van der Waals surface area contributed by atoms with Crippen molar-refractivity contribution >= 4 is 37.4 Å². The summed E-state index contributed by atoms with van der Waals surface area (Å²) in [5, 5.41) is 9.96. The third-order valence-corrected chi connectivity index (χ3v) is 8.59. The third-order valence-electron chi connectivity index (χ3n) is 5.98. The van der Waals surface area contributed by atoms with Crippen LogP contribution in [0.15, 0.2) is 93.6 Å². The summed E-state index contributed by atoms with van der Waals surface area (Å²) in [4.78, 5) is 0.0107. The Morgan fingerprint density at radius 2 is 1.82 bits per heavy atom. The van der Waals surface area contributed by atoms with Crippen LogP contribution in [-0.2, 0) is 21.3 Å². The van der Waals surface area contributed by atoms with Gasteiger partial charge < -0.3 is 10.5 Å². The van der Waals surface area contributed by atoms with Gasteiger partial charge in [0.25, 0.3) is 10.0 Å². The van der Waals surface area contributed by atoms with E-state index >= 15 is 0 Å². The smallest absolute Gasteiger partial charge is 0.265 e. The largest absolute Gasteiger partial charge is 0.439 e. The molecule has 0 bridgehead atoms. The molecular formula is C26H20BrN3O3S. The van der Waals surface area contributed by atoms with Gasteiger partial charge in [0.15, 0.2) is 5.76 Å². The number of aryl methyl sites for hydroxylation is 1. The Kier molecular flexibility index (Phi) is 5.47. The Bertz CT molecular complexity index is 1540. The molecule has 6 nitrogen and oxygen atoms in total. The van der Waals surface area contributed by atoms with Gasteiger partial charge in [0, 0.05) is 10.0 Å². The summed E-state index contributed by atoms with van der Waals surface area (Å²) < 4.78 is 36.4. The summed E-state index contributed by atoms with van der Waals surface area (Å²) in [5.41, 5.74) is 9.85. The lowest BCUT2D eigenvalue weighted by atomic mass is 9.88. The van der Waals surface area contributed by atoms with E-state index in [-0.39, 0.29) is 28.7 Å². The second kappa shape index (κ2) is 8.35. The number of benzene rings is 3. The minimum atomic E-state index is -4.10. The van der Waals surface area contributed by atoms with Crippen LogP contribution in [0.1, 0.15) is 28.2 Å². The van der Waals surface area contributed by atoms with Gasteiger partial charge in [-0.15, -0.1) is 0 Å². The van der Waals surface area contributed by atoms with Crippen molar-refractivity contribution in [3.8, 4) is 6.07 Å². The highest BCUT2D eigenvalue weighted by Gasteiger charge is 2.47. The topological polar surface area (TPSA) is 96.4 Å². The Morgan fingerprint density at radius 3 is 2.56 bits per heavy atom. The number of anilines is 1.